The molecule has 2 rings (SSSR count). The summed E-state index contributed by atoms with van der Waals surface area (Å²) < 4.78 is 25.2. The lowest BCUT2D eigenvalue weighted by Gasteiger charge is -2.10. The third-order valence-corrected chi connectivity index (χ3v) is 5.41. The molecule has 0 amide bonds. The van der Waals surface area contributed by atoms with E-state index in [1.807, 2.05) is 0 Å². The number of rotatable bonds is 5. The number of hydrogen-bond donors (Lipinski definition) is 1. The summed E-state index contributed by atoms with van der Waals surface area (Å²) in [6, 6.07) is 0. The van der Waals surface area contributed by atoms with E-state index in [0.29, 0.717) is 0 Å². The molecule has 1 aromatic heterocycles. The molecule has 0 spiro atoms. The van der Waals surface area contributed by atoms with Gasteiger partial charge in [-0.25, -0.2) is 13.2 Å². The van der Waals surface area contributed by atoms with E-state index in [4.69, 9.17) is 5.11 Å². The predicted molar refractivity (Wildman–Crippen MR) is 63.0 cm³/mol. The molecule has 0 bridgehead atoms. The minimum absolute atomic E-state index is 0.0138. The average Bonchev–Trinajstić information content (AvgIpc) is 2.98. The fourth-order valence-corrected chi connectivity index (χ4v) is 3.97. The topological polar surface area (TPSA) is 102 Å². The number of nitrogens with zero attached hydrogens (tertiary/aromatic N) is 3. The first-order valence-corrected chi connectivity index (χ1v) is 7.55. The van der Waals surface area contributed by atoms with Crippen LogP contribution in [-0.2, 0) is 16.4 Å². The van der Waals surface area contributed by atoms with Gasteiger partial charge in [-0.3, -0.25) is 4.68 Å². The number of hydrogen-bond acceptors (Lipinski definition) is 5. The number of carboxylic acids is 1. The molecule has 1 aliphatic carbocycles. The summed E-state index contributed by atoms with van der Waals surface area (Å²) in [5.41, 5.74) is -0.173. The van der Waals surface area contributed by atoms with Crippen molar-refractivity contribution < 1.29 is 18.3 Å². The minimum Gasteiger partial charge on any atom is -0.476 e. The molecule has 1 aliphatic rings. The summed E-state index contributed by atoms with van der Waals surface area (Å²) in [4.78, 5) is 10.6. The van der Waals surface area contributed by atoms with Gasteiger partial charge in [-0.05, 0) is 12.8 Å². The molecule has 18 heavy (non-hydrogen) atoms. The van der Waals surface area contributed by atoms with E-state index in [9.17, 15) is 13.2 Å². The van der Waals surface area contributed by atoms with Crippen molar-refractivity contribution in [3.05, 3.63) is 11.9 Å². The number of sulfone groups is 1. The summed E-state index contributed by atoms with van der Waals surface area (Å²) in [7, 11) is -3.11. The van der Waals surface area contributed by atoms with Crippen LogP contribution in [0.2, 0.25) is 0 Å². The second-order valence-corrected chi connectivity index (χ2v) is 6.85. The van der Waals surface area contributed by atoms with Crippen LogP contribution in [0.4, 0.5) is 0 Å². The van der Waals surface area contributed by atoms with Gasteiger partial charge in [0.2, 0.25) is 0 Å². The molecule has 0 aliphatic heterocycles. The zero-order valence-electron chi connectivity index (χ0n) is 9.82. The van der Waals surface area contributed by atoms with E-state index in [-0.39, 0.29) is 23.2 Å². The molecular formula is C10H15N3O4S. The third kappa shape index (κ3) is 2.87. The number of aromatic carboxylic acids is 1. The molecule has 1 N–H and O–H groups in total. The van der Waals surface area contributed by atoms with Crippen LogP contribution in [0.25, 0.3) is 0 Å². The summed E-state index contributed by atoms with van der Waals surface area (Å²) in [6.45, 7) is 0.152. The molecule has 0 unspecified atom stereocenters. The Hall–Kier alpha value is -1.44. The van der Waals surface area contributed by atoms with E-state index in [1.54, 1.807) is 0 Å². The summed E-state index contributed by atoms with van der Waals surface area (Å²) in [6.07, 6.45) is 4.65. The van der Waals surface area contributed by atoms with Gasteiger partial charge in [0.15, 0.2) is 15.5 Å². The lowest BCUT2D eigenvalue weighted by Crippen LogP contribution is -2.23. The van der Waals surface area contributed by atoms with Gasteiger partial charge in [0, 0.05) is 0 Å². The Labute approximate surface area is 105 Å². The number of carbonyl (C=O) groups is 1. The van der Waals surface area contributed by atoms with Crippen LogP contribution in [0.3, 0.4) is 0 Å². The second kappa shape index (κ2) is 5.05. The van der Waals surface area contributed by atoms with E-state index >= 15 is 0 Å². The maximum atomic E-state index is 12.0. The molecule has 0 aromatic carbocycles. The quantitative estimate of drug-likeness (QED) is 0.829. The van der Waals surface area contributed by atoms with Gasteiger partial charge in [0.05, 0.1) is 23.7 Å². The van der Waals surface area contributed by atoms with Crippen molar-refractivity contribution in [2.75, 3.05) is 5.75 Å². The molecule has 0 radical (unpaired) electrons. The zero-order chi connectivity index (χ0) is 13.2. The predicted octanol–water partition coefficient (Wildman–Crippen LogP) is 0.334. The van der Waals surface area contributed by atoms with Gasteiger partial charge in [0.1, 0.15) is 0 Å². The highest BCUT2D eigenvalue weighted by Crippen LogP contribution is 2.25. The van der Waals surface area contributed by atoms with Crippen molar-refractivity contribution in [2.45, 2.75) is 37.5 Å². The van der Waals surface area contributed by atoms with Gasteiger partial charge < -0.3 is 5.11 Å². The van der Waals surface area contributed by atoms with Crippen molar-refractivity contribution in [3.63, 3.8) is 0 Å². The van der Waals surface area contributed by atoms with Crippen molar-refractivity contribution in [3.8, 4) is 0 Å². The van der Waals surface area contributed by atoms with E-state index in [1.165, 1.54) is 10.9 Å². The molecule has 100 valence electrons. The Kier molecular flexibility index (Phi) is 3.65. The second-order valence-electron chi connectivity index (χ2n) is 4.45. The van der Waals surface area contributed by atoms with E-state index < -0.39 is 15.8 Å². The van der Waals surface area contributed by atoms with Gasteiger partial charge >= 0.3 is 5.97 Å². The highest BCUT2D eigenvalue weighted by atomic mass is 32.2. The highest BCUT2D eigenvalue weighted by Gasteiger charge is 2.28. The van der Waals surface area contributed by atoms with Crippen LogP contribution in [0, 0.1) is 0 Å². The largest absolute Gasteiger partial charge is 0.476 e. The molecule has 0 atom stereocenters. The van der Waals surface area contributed by atoms with Crippen LogP contribution in [-0.4, -0.2) is 45.5 Å². The zero-order valence-corrected chi connectivity index (χ0v) is 10.6. The lowest BCUT2D eigenvalue weighted by atomic mass is 10.4. The first-order chi connectivity index (χ1) is 8.49. The first kappa shape index (κ1) is 13.0. The van der Waals surface area contributed by atoms with E-state index in [2.05, 4.69) is 10.3 Å². The minimum atomic E-state index is -3.11. The summed E-state index contributed by atoms with van der Waals surface area (Å²) >= 11 is 0. The molecule has 0 saturated heterocycles. The molecular weight excluding hydrogens is 258 g/mol. The van der Waals surface area contributed by atoms with Gasteiger partial charge in [0.25, 0.3) is 0 Å². The molecule has 8 heteroatoms. The van der Waals surface area contributed by atoms with E-state index in [0.717, 1.165) is 25.7 Å². The third-order valence-electron chi connectivity index (χ3n) is 3.17. The van der Waals surface area contributed by atoms with Crippen LogP contribution in [0.5, 0.6) is 0 Å². The number of aromatic nitrogens is 3. The number of carboxylic acid groups (broad SMARTS) is 1. The molecule has 7 nitrogen and oxygen atoms in total. The van der Waals surface area contributed by atoms with Gasteiger partial charge in [-0.15, -0.1) is 5.10 Å². The lowest BCUT2D eigenvalue weighted by molar-refractivity contribution is 0.0690. The van der Waals surface area contributed by atoms with Crippen molar-refractivity contribution >= 4 is 15.8 Å². The smallest absolute Gasteiger partial charge is 0.358 e. The van der Waals surface area contributed by atoms with Crippen LogP contribution < -0.4 is 0 Å². The van der Waals surface area contributed by atoms with Crippen molar-refractivity contribution in [1.29, 1.82) is 0 Å². The van der Waals surface area contributed by atoms with Gasteiger partial charge in [-0.1, -0.05) is 18.1 Å². The maximum Gasteiger partial charge on any atom is 0.358 e. The molecule has 1 heterocycles. The first-order valence-electron chi connectivity index (χ1n) is 5.84. The fourth-order valence-electron chi connectivity index (χ4n) is 2.14. The fraction of sp³-hybridized carbons (Fsp3) is 0.700. The van der Waals surface area contributed by atoms with Crippen molar-refractivity contribution in [1.82, 2.24) is 15.0 Å². The normalized spacial score (nSPS) is 17.1. The Morgan fingerprint density at radius 1 is 1.44 bits per heavy atom. The SMILES string of the molecule is O=C(O)c1cn(CCS(=O)(=O)C2CCCC2)nn1. The average molecular weight is 273 g/mol. The van der Waals surface area contributed by atoms with Crippen LogP contribution >= 0.6 is 0 Å². The molecule has 1 fully saturated rings. The highest BCUT2D eigenvalue weighted by molar-refractivity contribution is 7.92. The van der Waals surface area contributed by atoms with Gasteiger partial charge in [-0.2, -0.15) is 0 Å². The van der Waals surface area contributed by atoms with Crippen LogP contribution in [0.1, 0.15) is 36.2 Å². The maximum absolute atomic E-state index is 12.0. The Morgan fingerprint density at radius 3 is 2.67 bits per heavy atom. The Morgan fingerprint density at radius 2 is 2.11 bits per heavy atom. The summed E-state index contributed by atoms with van der Waals surface area (Å²) in [5, 5.41) is 15.4. The van der Waals surface area contributed by atoms with Crippen molar-refractivity contribution in [2.24, 2.45) is 0 Å². The Bertz CT molecular complexity index is 531. The number of aryl methyl sites for hydroxylation is 1. The van der Waals surface area contributed by atoms with Crippen LogP contribution in [0.15, 0.2) is 6.20 Å². The molecule has 1 saturated carbocycles. The monoisotopic (exact) mass is 273 g/mol. The Balaban J connectivity index is 1.96. The summed E-state index contributed by atoms with van der Waals surface area (Å²) in [5.74, 6) is -1.18. The standard InChI is InChI=1S/C10H15N3O4S/c14-10(15)9-7-13(12-11-9)5-6-18(16,17)8-3-1-2-4-8/h7-8H,1-6H2,(H,14,15). The molecule has 1 aromatic rings.